The minimum absolute atomic E-state index is 0.702. The summed E-state index contributed by atoms with van der Waals surface area (Å²) in [5, 5.41) is 0. The van der Waals surface area contributed by atoms with E-state index in [9.17, 15) is 4.57 Å². The van der Waals surface area contributed by atoms with E-state index in [1.165, 1.54) is 14.2 Å². The van der Waals surface area contributed by atoms with Gasteiger partial charge in [-0.1, -0.05) is 12.8 Å². The fraction of sp³-hybridized carbons (Fsp3) is 0.714. The second-order valence-corrected chi connectivity index (χ2v) is 3.74. The molecule has 0 aliphatic heterocycles. The zero-order valence-electron chi connectivity index (χ0n) is 7.49. The van der Waals surface area contributed by atoms with Crippen molar-refractivity contribution in [2.24, 2.45) is 0 Å². The Labute approximate surface area is 72.8 Å². The lowest BCUT2D eigenvalue weighted by atomic mass is 10.4. The molecule has 0 saturated heterocycles. The Morgan fingerprint density at radius 1 is 1.33 bits per heavy atom. The zero-order chi connectivity index (χ0) is 9.45. The van der Waals surface area contributed by atoms with Crippen LogP contribution in [-0.4, -0.2) is 14.2 Å². The van der Waals surface area contributed by atoms with Gasteiger partial charge in [-0.05, 0) is 6.42 Å². The Bertz CT molecular complexity index is 207. The quantitative estimate of drug-likeness (QED) is 0.505. The maximum atomic E-state index is 11.1. The van der Waals surface area contributed by atoms with Crippen LogP contribution in [0.15, 0.2) is 0 Å². The molecule has 0 N–H and O–H groups in total. The molecule has 0 bridgehead atoms. The normalized spacial score (nSPS) is 10.2. The van der Waals surface area contributed by atoms with Gasteiger partial charge in [-0.2, -0.15) is 0 Å². The maximum absolute atomic E-state index is 11.1. The van der Waals surface area contributed by atoms with Crippen LogP contribution in [0.3, 0.4) is 0 Å². The number of hydrogen-bond acceptors (Lipinski definition) is 4. The third kappa shape index (κ3) is 4.40. The number of phosphoric ester groups is 1. The molecule has 70 valence electrons. The Morgan fingerprint density at radius 2 is 1.92 bits per heavy atom. The smallest absolute Gasteiger partial charge is 0.350 e. The number of rotatable bonds is 4. The van der Waals surface area contributed by atoms with Gasteiger partial charge < -0.3 is 4.52 Å². The molecule has 0 heterocycles. The van der Waals surface area contributed by atoms with Gasteiger partial charge in [0, 0.05) is 20.6 Å². The van der Waals surface area contributed by atoms with E-state index in [-0.39, 0.29) is 0 Å². The average Bonchev–Trinajstić information content (AvgIpc) is 2.12. The molecule has 5 heteroatoms. The van der Waals surface area contributed by atoms with Crippen molar-refractivity contribution in [3.05, 3.63) is 0 Å². The maximum Gasteiger partial charge on any atom is 0.537 e. The highest BCUT2D eigenvalue weighted by atomic mass is 31.2. The summed E-state index contributed by atoms with van der Waals surface area (Å²) in [6, 6.07) is 0. The molecule has 0 amide bonds. The Morgan fingerprint density at radius 3 is 2.33 bits per heavy atom. The van der Waals surface area contributed by atoms with E-state index in [0.29, 0.717) is 6.42 Å². The summed E-state index contributed by atoms with van der Waals surface area (Å²) in [7, 11) is -0.911. The SMILES string of the molecule is CCCC#COP(=O)(OC)OC. The lowest BCUT2D eigenvalue weighted by Gasteiger charge is -2.07. The van der Waals surface area contributed by atoms with Gasteiger partial charge in [0.2, 0.25) is 0 Å². The Hall–Kier alpha value is -0.490. The Balaban J connectivity index is 3.91. The molecule has 0 spiro atoms. The summed E-state index contributed by atoms with van der Waals surface area (Å²) < 4.78 is 24.7. The van der Waals surface area contributed by atoms with Crippen molar-refractivity contribution >= 4 is 7.82 Å². The summed E-state index contributed by atoms with van der Waals surface area (Å²) in [5.74, 6) is 2.65. The molecule has 0 aliphatic carbocycles. The molecule has 0 unspecified atom stereocenters. The molecule has 12 heavy (non-hydrogen) atoms. The third-order valence-electron chi connectivity index (χ3n) is 1.05. The third-order valence-corrected chi connectivity index (χ3v) is 2.26. The van der Waals surface area contributed by atoms with Gasteiger partial charge >= 0.3 is 7.82 Å². The molecule has 0 aromatic carbocycles. The van der Waals surface area contributed by atoms with E-state index in [2.05, 4.69) is 25.6 Å². The van der Waals surface area contributed by atoms with Gasteiger partial charge in [0.1, 0.15) is 6.11 Å². The highest BCUT2D eigenvalue weighted by Gasteiger charge is 2.22. The number of hydrogen-bond donors (Lipinski definition) is 0. The van der Waals surface area contributed by atoms with E-state index in [0.717, 1.165) is 6.42 Å². The van der Waals surface area contributed by atoms with Crippen molar-refractivity contribution in [1.29, 1.82) is 0 Å². The molecule has 0 atom stereocenters. The van der Waals surface area contributed by atoms with Crippen molar-refractivity contribution in [2.45, 2.75) is 19.8 Å². The van der Waals surface area contributed by atoms with Crippen molar-refractivity contribution in [1.82, 2.24) is 0 Å². The molecule has 0 saturated carbocycles. The van der Waals surface area contributed by atoms with Crippen LogP contribution >= 0.6 is 7.82 Å². The van der Waals surface area contributed by atoms with Crippen LogP contribution in [0.5, 0.6) is 0 Å². The second kappa shape index (κ2) is 6.07. The monoisotopic (exact) mass is 192 g/mol. The van der Waals surface area contributed by atoms with Crippen LogP contribution in [0.4, 0.5) is 0 Å². The van der Waals surface area contributed by atoms with Crippen LogP contribution in [0, 0.1) is 12.0 Å². The molecule has 0 aromatic heterocycles. The van der Waals surface area contributed by atoms with Gasteiger partial charge in [0.25, 0.3) is 0 Å². The van der Waals surface area contributed by atoms with E-state index in [1.54, 1.807) is 0 Å². The first kappa shape index (κ1) is 11.5. The fourth-order valence-electron chi connectivity index (χ4n) is 0.413. The summed E-state index contributed by atoms with van der Waals surface area (Å²) in [4.78, 5) is 0. The molecule has 0 aliphatic rings. The minimum Gasteiger partial charge on any atom is -0.350 e. The highest BCUT2D eigenvalue weighted by molar-refractivity contribution is 7.48. The van der Waals surface area contributed by atoms with Crippen molar-refractivity contribution < 1.29 is 18.1 Å². The predicted octanol–water partition coefficient (Wildman–Crippen LogP) is 2.16. The van der Waals surface area contributed by atoms with Crippen LogP contribution in [-0.2, 0) is 18.1 Å². The van der Waals surface area contributed by atoms with Crippen LogP contribution in [0.2, 0.25) is 0 Å². The molecule has 0 fully saturated rings. The van der Waals surface area contributed by atoms with Gasteiger partial charge in [-0.25, -0.2) is 4.57 Å². The number of unbranched alkanes of at least 4 members (excludes halogenated alkanes) is 1. The average molecular weight is 192 g/mol. The van der Waals surface area contributed by atoms with E-state index >= 15 is 0 Å². The summed E-state index contributed by atoms with van der Waals surface area (Å²) >= 11 is 0. The van der Waals surface area contributed by atoms with Gasteiger partial charge in [0.05, 0.1) is 0 Å². The first-order valence-electron chi connectivity index (χ1n) is 3.56. The first-order chi connectivity index (χ1) is 5.68. The van der Waals surface area contributed by atoms with Crippen molar-refractivity contribution in [2.75, 3.05) is 14.2 Å². The van der Waals surface area contributed by atoms with Gasteiger partial charge in [0.15, 0.2) is 0 Å². The van der Waals surface area contributed by atoms with Gasteiger partial charge in [-0.3, -0.25) is 9.05 Å². The van der Waals surface area contributed by atoms with E-state index in [1.807, 2.05) is 6.92 Å². The number of phosphoric acid groups is 1. The second-order valence-electron chi connectivity index (χ2n) is 1.93. The molecule has 0 radical (unpaired) electrons. The van der Waals surface area contributed by atoms with Crippen LogP contribution in [0.25, 0.3) is 0 Å². The summed E-state index contributed by atoms with van der Waals surface area (Å²) in [6.45, 7) is 1.99. The zero-order valence-corrected chi connectivity index (χ0v) is 8.39. The highest BCUT2D eigenvalue weighted by Crippen LogP contribution is 2.46. The predicted molar refractivity (Wildman–Crippen MR) is 45.4 cm³/mol. The minimum atomic E-state index is -3.39. The molecule has 4 nitrogen and oxygen atoms in total. The van der Waals surface area contributed by atoms with E-state index in [4.69, 9.17) is 0 Å². The van der Waals surface area contributed by atoms with Crippen LogP contribution in [0.1, 0.15) is 19.8 Å². The summed E-state index contributed by atoms with van der Waals surface area (Å²) in [6.07, 6.45) is 3.90. The van der Waals surface area contributed by atoms with Gasteiger partial charge in [-0.15, -0.1) is 0 Å². The van der Waals surface area contributed by atoms with Crippen molar-refractivity contribution in [3.8, 4) is 12.0 Å². The topological polar surface area (TPSA) is 44.8 Å². The molecule has 0 aromatic rings. The van der Waals surface area contributed by atoms with E-state index < -0.39 is 7.82 Å². The van der Waals surface area contributed by atoms with Crippen LogP contribution < -0.4 is 0 Å². The summed E-state index contributed by atoms with van der Waals surface area (Å²) in [5.41, 5.74) is 0. The lowest BCUT2D eigenvalue weighted by Crippen LogP contribution is -1.89. The van der Waals surface area contributed by atoms with Crippen molar-refractivity contribution in [3.63, 3.8) is 0 Å². The largest absolute Gasteiger partial charge is 0.537 e. The lowest BCUT2D eigenvalue weighted by molar-refractivity contribution is 0.201. The Kier molecular flexibility index (Phi) is 5.83. The molecule has 0 rings (SSSR count). The standard InChI is InChI=1S/C7H13O4P/c1-4-5-6-7-11-12(8,9-2)10-3/h4-5H2,1-3H3. The first-order valence-corrected chi connectivity index (χ1v) is 5.02. The molecular formula is C7H13O4P. The molecular weight excluding hydrogens is 179 g/mol. The fourth-order valence-corrected chi connectivity index (χ4v) is 0.888.